The minimum Gasteiger partial charge on any atom is -0.455 e. The number of hydrogen-bond acceptors (Lipinski definition) is 10. The Morgan fingerprint density at radius 1 is 0.208 bits per heavy atom. The maximum Gasteiger partial charge on any atom is 0.227 e. The van der Waals surface area contributed by atoms with Crippen molar-refractivity contribution >= 4 is 164 Å². The average molecular weight is 1630 g/mol. The molecule has 0 N–H and O–H groups in total. The SMILES string of the molecule is Cc1c(-c2cccc[n+]2C)c2oc3ccccc3c2c2cccnc12.Cc1c(-c2cccc[n+]2C)c2oc3ccccc3c2c2ccncc12.Cc1c(-c2cccc[n+]2C)c2oc3ccccc3c2c2cnccc12.Cc1c(-c2cccc[n+]2C)c2oc3cnccc3c2c2ccccc12.Cc1c(-c2cccc[n+]2C)c2oc3ncccc3c2c2ccccc12. The Bertz CT molecular complexity index is 7500. The maximum atomic E-state index is 6.35. The van der Waals surface area contributed by atoms with Crippen LogP contribution in [0, 0.1) is 34.6 Å². The molecular weight excluding hydrogens is 1540 g/mol. The van der Waals surface area contributed by atoms with Crippen LogP contribution < -0.4 is 22.8 Å². The van der Waals surface area contributed by atoms with E-state index >= 15 is 0 Å². The molecule has 25 rings (SSSR count). The number of hydrogen-bond donors (Lipinski definition) is 0. The first-order valence-electron chi connectivity index (χ1n) is 41.9. The highest BCUT2D eigenvalue weighted by atomic mass is 16.3. The molecule has 15 heterocycles. The third-order valence-corrected chi connectivity index (χ3v) is 24.9. The fourth-order valence-electron chi connectivity index (χ4n) is 19.0. The molecule has 0 aliphatic carbocycles. The molecule has 0 saturated heterocycles. The molecule has 15 aromatic heterocycles. The van der Waals surface area contributed by atoms with Crippen LogP contribution in [-0.4, -0.2) is 24.9 Å². The van der Waals surface area contributed by atoms with Crippen molar-refractivity contribution in [2.75, 3.05) is 0 Å². The molecule has 0 bridgehead atoms. The summed E-state index contributed by atoms with van der Waals surface area (Å²) in [5, 5.41) is 22.1. The van der Waals surface area contributed by atoms with E-state index in [2.05, 4.69) is 318 Å². The van der Waals surface area contributed by atoms with Crippen LogP contribution in [0.2, 0.25) is 0 Å². The number of furan rings is 5. The zero-order valence-electron chi connectivity index (χ0n) is 70.8. The van der Waals surface area contributed by atoms with Crippen molar-refractivity contribution in [2.24, 2.45) is 35.2 Å². The van der Waals surface area contributed by atoms with E-state index in [1.165, 1.54) is 60.0 Å². The van der Waals surface area contributed by atoms with Gasteiger partial charge in [-0.25, -0.2) is 27.8 Å². The van der Waals surface area contributed by atoms with Crippen LogP contribution in [0.5, 0.6) is 0 Å². The summed E-state index contributed by atoms with van der Waals surface area (Å²) in [6, 6.07) is 87.4. The summed E-state index contributed by atoms with van der Waals surface area (Å²) in [5.41, 5.74) is 27.3. The van der Waals surface area contributed by atoms with E-state index in [0.29, 0.717) is 5.71 Å². The van der Waals surface area contributed by atoms with Gasteiger partial charge in [-0.1, -0.05) is 109 Å². The van der Waals surface area contributed by atoms with Crippen LogP contribution in [0.4, 0.5) is 0 Å². The van der Waals surface area contributed by atoms with Gasteiger partial charge in [0.25, 0.3) is 0 Å². The fraction of sp³-hybridized carbons (Fsp3) is 0.0909. The van der Waals surface area contributed by atoms with E-state index in [9.17, 15) is 0 Å². The maximum absolute atomic E-state index is 6.35. The molecule has 15 heteroatoms. The third kappa shape index (κ3) is 12.7. The second-order valence-electron chi connectivity index (χ2n) is 32.1. The summed E-state index contributed by atoms with van der Waals surface area (Å²) in [6.07, 6.45) is 25.2. The van der Waals surface area contributed by atoms with E-state index in [0.717, 1.165) is 182 Å². The van der Waals surface area contributed by atoms with Gasteiger partial charge >= 0.3 is 0 Å². The van der Waals surface area contributed by atoms with Crippen molar-refractivity contribution in [3.05, 3.63) is 363 Å². The van der Waals surface area contributed by atoms with Crippen molar-refractivity contribution in [3.8, 4) is 56.3 Å². The van der Waals surface area contributed by atoms with Crippen LogP contribution in [0.25, 0.3) is 220 Å². The van der Waals surface area contributed by atoms with E-state index in [-0.39, 0.29) is 0 Å². The molecular formula is C110H85N10O5+5. The highest BCUT2D eigenvalue weighted by Crippen LogP contribution is 2.49. The zero-order valence-corrected chi connectivity index (χ0v) is 70.8. The predicted molar refractivity (Wildman–Crippen MR) is 502 cm³/mol. The van der Waals surface area contributed by atoms with Crippen LogP contribution in [0.15, 0.2) is 357 Å². The minimum absolute atomic E-state index is 0.688. The number of para-hydroxylation sites is 3. The van der Waals surface area contributed by atoms with Crippen LogP contribution in [0.3, 0.4) is 0 Å². The second-order valence-corrected chi connectivity index (χ2v) is 32.1. The van der Waals surface area contributed by atoms with Gasteiger partial charge in [-0.15, -0.1) is 0 Å². The number of rotatable bonds is 5. The molecule has 0 atom stereocenters. The first kappa shape index (κ1) is 76.4. The number of pyridine rings is 10. The lowest BCUT2D eigenvalue weighted by Crippen LogP contribution is -2.30. The average Bonchev–Trinajstić information content (AvgIpc) is 1.67. The van der Waals surface area contributed by atoms with Gasteiger partial charge in [0.15, 0.2) is 42.2 Å². The van der Waals surface area contributed by atoms with E-state index in [1.807, 2.05) is 122 Å². The molecule has 0 aliphatic rings. The third-order valence-electron chi connectivity index (χ3n) is 24.9. The normalized spacial score (nSPS) is 11.6. The molecule has 0 aliphatic heterocycles. The molecule has 15 nitrogen and oxygen atoms in total. The van der Waals surface area contributed by atoms with E-state index in [1.54, 1.807) is 12.4 Å². The standard InChI is InChI=1S/5C22H17N2O/c1-14-19(17-10-5-6-13-24(17)2)22-20(16-9-7-12-23-21(14)16)15-8-3-4-11-18(15)25-22;1-14-15-8-3-4-9-16(15)20-17-10-7-12-23-22(17)25-21(20)19(14)18-11-5-6-13-24(18)2;1-14-17-13-23-11-10-15(17)21-16-7-3-4-9-19(16)25-22(21)20(14)18-8-5-6-12-24(18)2;1-14-15-10-11-23-13-17(15)21-16-7-3-4-9-19(16)25-22(21)20(14)18-8-5-6-12-24(18)2;1-14-15-7-3-4-8-16(15)21-17-10-11-23-13-19(17)25-22(21)20(14)18-9-5-6-12-24(18)2/h5*3-13H,1-2H3/q5*+1. The number of fused-ring (bicyclic) bond motifs is 25. The molecule has 0 radical (unpaired) electrons. The Labute approximate surface area is 718 Å². The van der Waals surface area contributed by atoms with Crippen molar-refractivity contribution < 1.29 is 44.9 Å². The first-order valence-corrected chi connectivity index (χ1v) is 41.9. The molecule has 0 saturated carbocycles. The Kier molecular flexibility index (Phi) is 19.1. The highest BCUT2D eigenvalue weighted by Gasteiger charge is 2.31. The summed E-state index contributed by atoms with van der Waals surface area (Å²) in [5.74, 6) is 0. The highest BCUT2D eigenvalue weighted by molar-refractivity contribution is 6.28. The van der Waals surface area contributed by atoms with Crippen LogP contribution in [0.1, 0.15) is 27.8 Å². The zero-order chi connectivity index (χ0) is 84.8. The molecule has 0 spiro atoms. The summed E-state index contributed by atoms with van der Waals surface area (Å²) < 4.78 is 42.3. The summed E-state index contributed by atoms with van der Waals surface area (Å²) >= 11 is 0. The lowest BCUT2D eigenvalue weighted by molar-refractivity contribution is -0.660. The lowest BCUT2D eigenvalue weighted by atomic mass is 9.93. The summed E-state index contributed by atoms with van der Waals surface area (Å²) in [4.78, 5) is 22.1. The second kappa shape index (κ2) is 31.2. The monoisotopic (exact) mass is 1630 g/mol. The van der Waals surface area contributed by atoms with Crippen molar-refractivity contribution in [3.63, 3.8) is 0 Å². The first-order chi connectivity index (χ1) is 61.3. The Morgan fingerprint density at radius 3 is 0.928 bits per heavy atom. The summed E-state index contributed by atoms with van der Waals surface area (Å²) in [6.45, 7) is 10.8. The van der Waals surface area contributed by atoms with Gasteiger partial charge in [0, 0.05) is 174 Å². The quantitative estimate of drug-likeness (QED) is 0.152. The van der Waals surface area contributed by atoms with Crippen LogP contribution >= 0.6 is 0 Å². The van der Waals surface area contributed by atoms with Crippen molar-refractivity contribution in [1.82, 2.24) is 24.9 Å². The van der Waals surface area contributed by atoms with Crippen molar-refractivity contribution in [1.29, 1.82) is 0 Å². The molecule has 125 heavy (non-hydrogen) atoms. The van der Waals surface area contributed by atoms with E-state index in [4.69, 9.17) is 22.1 Å². The molecule has 25 aromatic rings. The predicted octanol–water partition coefficient (Wildman–Crippen LogP) is 24.7. The molecule has 600 valence electrons. The minimum atomic E-state index is 0.688. The molecule has 0 fully saturated rings. The van der Waals surface area contributed by atoms with Crippen molar-refractivity contribution in [2.45, 2.75) is 34.6 Å². The van der Waals surface area contributed by atoms with Gasteiger partial charge in [0.2, 0.25) is 34.2 Å². The Balaban J connectivity index is 0.0000000956. The molecule has 0 amide bonds. The van der Waals surface area contributed by atoms with Gasteiger partial charge in [-0.05, 0) is 180 Å². The van der Waals surface area contributed by atoms with E-state index < -0.39 is 0 Å². The lowest BCUT2D eigenvalue weighted by Gasteiger charge is -2.10. The topological polar surface area (TPSA) is 150 Å². The Morgan fingerprint density at radius 2 is 0.488 bits per heavy atom. The number of aryl methyl sites for hydroxylation is 10. The van der Waals surface area contributed by atoms with Gasteiger partial charge in [-0.3, -0.25) is 19.9 Å². The molecule has 0 unspecified atom stereocenters. The fourth-order valence-corrected chi connectivity index (χ4v) is 19.0. The van der Waals surface area contributed by atoms with Gasteiger partial charge in [0.1, 0.15) is 74.3 Å². The van der Waals surface area contributed by atoms with Crippen LogP contribution in [-0.2, 0) is 35.2 Å². The smallest absolute Gasteiger partial charge is 0.227 e. The summed E-state index contributed by atoms with van der Waals surface area (Å²) in [7, 11) is 10.3. The number of nitrogens with zero attached hydrogens (tertiary/aromatic N) is 10. The number of benzene rings is 10. The number of aromatic nitrogens is 10. The van der Waals surface area contributed by atoms with Gasteiger partial charge < -0.3 is 22.1 Å². The largest absolute Gasteiger partial charge is 0.455 e. The molecule has 10 aromatic carbocycles. The Hall–Kier alpha value is -16.0. The van der Waals surface area contributed by atoms with Gasteiger partial charge in [0.05, 0.1) is 39.5 Å². The van der Waals surface area contributed by atoms with Gasteiger partial charge in [-0.2, -0.15) is 0 Å².